The smallest absolute Gasteiger partial charge is 0.0724 e. The van der Waals surface area contributed by atoms with Crippen molar-refractivity contribution in [3.05, 3.63) is 84.5 Å². The Morgan fingerprint density at radius 3 is 1.21 bits per heavy atom. The van der Waals surface area contributed by atoms with E-state index in [9.17, 15) is 0 Å². The zero-order chi connectivity index (χ0) is 15.7. The van der Waals surface area contributed by atoms with E-state index in [0.29, 0.717) is 24.2 Å². The minimum Gasteiger partial charge on any atom is -0.351 e. The van der Waals surface area contributed by atoms with Crippen LogP contribution in [0.5, 0.6) is 0 Å². The molecule has 116 valence electrons. The topological polar surface area (TPSA) is 32.3 Å². The van der Waals surface area contributed by atoms with Crippen molar-refractivity contribution in [3.8, 4) is 0 Å². The van der Waals surface area contributed by atoms with Gasteiger partial charge in [0.2, 0.25) is 0 Å². The highest BCUT2D eigenvalue weighted by molar-refractivity contribution is 5.75. The van der Waals surface area contributed by atoms with Crippen molar-refractivity contribution in [1.29, 1.82) is 0 Å². The van der Waals surface area contributed by atoms with Crippen molar-refractivity contribution in [1.82, 2.24) is 9.97 Å². The summed E-state index contributed by atoms with van der Waals surface area (Å²) >= 11 is 0. The number of hydrogen-bond donors (Lipinski definition) is 0. The summed E-state index contributed by atoms with van der Waals surface area (Å²) in [4.78, 5) is 13.4. The molecule has 4 bridgehead atoms. The van der Waals surface area contributed by atoms with Crippen LogP contribution in [0.2, 0.25) is 0 Å². The molecule has 2 aromatic heterocycles. The monoisotopic (exact) mass is 312 g/mol. The molecule has 4 aliphatic rings. The van der Waals surface area contributed by atoms with Crippen LogP contribution >= 0.6 is 0 Å². The van der Waals surface area contributed by atoms with E-state index >= 15 is 0 Å². The Labute approximate surface area is 140 Å². The molecule has 24 heavy (non-hydrogen) atoms. The molecule has 4 aliphatic heterocycles. The van der Waals surface area contributed by atoms with Gasteiger partial charge in [0.15, 0.2) is 0 Å². The van der Waals surface area contributed by atoms with Crippen LogP contribution in [0.15, 0.2) is 84.5 Å². The zero-order valence-electron chi connectivity index (χ0n) is 13.0. The number of nitrogens with zero attached hydrogens (tertiary/aromatic N) is 4. The van der Waals surface area contributed by atoms with Gasteiger partial charge in [-0.1, -0.05) is 24.3 Å². The van der Waals surface area contributed by atoms with Crippen LogP contribution < -0.4 is 9.80 Å². The molecule has 0 fully saturated rings. The van der Waals surface area contributed by atoms with E-state index in [4.69, 9.17) is 0 Å². The third kappa shape index (κ3) is 1.39. The summed E-state index contributed by atoms with van der Waals surface area (Å²) < 4.78 is 0. The zero-order valence-corrected chi connectivity index (χ0v) is 13.0. The van der Waals surface area contributed by atoms with E-state index < -0.39 is 0 Å². The van der Waals surface area contributed by atoms with Crippen LogP contribution in [0, 0.1) is 0 Å². The van der Waals surface area contributed by atoms with E-state index in [1.165, 1.54) is 11.4 Å². The highest BCUT2D eigenvalue weighted by Gasteiger charge is 2.55. The molecule has 0 aliphatic carbocycles. The third-order valence-electron chi connectivity index (χ3n) is 5.68. The Morgan fingerprint density at radius 1 is 0.542 bits per heavy atom. The first-order chi connectivity index (χ1) is 11.9. The fraction of sp³-hybridized carbons (Fsp3) is 0.200. The van der Waals surface area contributed by atoms with Crippen molar-refractivity contribution >= 4 is 11.4 Å². The van der Waals surface area contributed by atoms with E-state index in [1.54, 1.807) is 11.1 Å². The molecule has 6 heterocycles. The first kappa shape index (κ1) is 12.5. The maximum absolute atomic E-state index is 4.17. The quantitative estimate of drug-likeness (QED) is 0.798. The highest BCUT2D eigenvalue weighted by atomic mass is 15.3. The van der Waals surface area contributed by atoms with Gasteiger partial charge in [-0.15, -0.1) is 0 Å². The number of rotatable bonds is 2. The number of anilines is 2. The number of pyridine rings is 2. The van der Waals surface area contributed by atoms with Crippen molar-refractivity contribution in [2.45, 2.75) is 24.2 Å². The summed E-state index contributed by atoms with van der Waals surface area (Å²) in [6.07, 6.45) is 17.0. The summed E-state index contributed by atoms with van der Waals surface area (Å²) in [5, 5.41) is 0. The molecule has 0 radical (unpaired) electrons. The summed E-state index contributed by atoms with van der Waals surface area (Å²) in [5.74, 6) is 0. The Kier molecular flexibility index (Phi) is 2.27. The predicted molar refractivity (Wildman–Crippen MR) is 93.9 cm³/mol. The van der Waals surface area contributed by atoms with Gasteiger partial charge in [0, 0.05) is 36.2 Å². The van der Waals surface area contributed by atoms with E-state index in [0.717, 1.165) is 0 Å². The molecule has 0 N–H and O–H groups in total. The fourth-order valence-corrected chi connectivity index (χ4v) is 4.86. The molecular weight excluding hydrogens is 296 g/mol. The van der Waals surface area contributed by atoms with Crippen molar-refractivity contribution < 1.29 is 0 Å². The Morgan fingerprint density at radius 2 is 0.875 bits per heavy atom. The van der Waals surface area contributed by atoms with Gasteiger partial charge in [-0.3, -0.25) is 9.97 Å². The SMILES string of the molecule is C1=CC2C3=C(C1N2c1ccncc1)C1C=CC3N1c1ccncc1. The van der Waals surface area contributed by atoms with E-state index in [2.05, 4.69) is 68.3 Å². The Balaban J connectivity index is 1.41. The maximum Gasteiger partial charge on any atom is 0.0724 e. The van der Waals surface area contributed by atoms with Crippen molar-refractivity contribution in [3.63, 3.8) is 0 Å². The lowest BCUT2D eigenvalue weighted by molar-refractivity contribution is 0.722. The van der Waals surface area contributed by atoms with Gasteiger partial charge in [0.05, 0.1) is 24.2 Å². The lowest BCUT2D eigenvalue weighted by Gasteiger charge is -2.34. The molecule has 0 amide bonds. The maximum atomic E-state index is 4.17. The summed E-state index contributed by atoms with van der Waals surface area (Å²) in [5.41, 5.74) is 5.66. The molecular formula is C20H16N4. The van der Waals surface area contributed by atoms with Gasteiger partial charge in [0.25, 0.3) is 0 Å². The van der Waals surface area contributed by atoms with Crippen LogP contribution in [0.3, 0.4) is 0 Å². The van der Waals surface area contributed by atoms with Crippen LogP contribution in [0.25, 0.3) is 0 Å². The average Bonchev–Trinajstić information content (AvgIpc) is 3.40. The largest absolute Gasteiger partial charge is 0.351 e. The third-order valence-corrected chi connectivity index (χ3v) is 5.68. The van der Waals surface area contributed by atoms with Crippen LogP contribution in [0.1, 0.15) is 0 Å². The molecule has 0 saturated heterocycles. The highest BCUT2D eigenvalue weighted by Crippen LogP contribution is 2.52. The number of hydrogen-bond acceptors (Lipinski definition) is 4. The molecule has 0 spiro atoms. The van der Waals surface area contributed by atoms with Gasteiger partial charge in [-0.25, -0.2) is 0 Å². The van der Waals surface area contributed by atoms with Gasteiger partial charge >= 0.3 is 0 Å². The minimum atomic E-state index is 0.372. The van der Waals surface area contributed by atoms with Gasteiger partial charge in [-0.05, 0) is 35.4 Å². The average molecular weight is 312 g/mol. The summed E-state index contributed by atoms with van der Waals surface area (Å²) in [7, 11) is 0. The Bertz CT molecular complexity index is 792. The molecule has 0 aromatic carbocycles. The van der Waals surface area contributed by atoms with Crippen LogP contribution in [-0.4, -0.2) is 34.1 Å². The van der Waals surface area contributed by atoms with Crippen LogP contribution in [-0.2, 0) is 0 Å². The second kappa shape index (κ2) is 4.35. The second-order valence-corrected chi connectivity index (χ2v) is 6.69. The van der Waals surface area contributed by atoms with E-state index in [-0.39, 0.29) is 0 Å². The molecule has 4 atom stereocenters. The van der Waals surface area contributed by atoms with Gasteiger partial charge < -0.3 is 9.80 Å². The number of fused-ring (bicyclic) bond motifs is 8. The summed E-state index contributed by atoms with van der Waals surface area (Å²) in [6, 6.07) is 9.95. The van der Waals surface area contributed by atoms with Crippen LogP contribution in [0.4, 0.5) is 11.4 Å². The summed E-state index contributed by atoms with van der Waals surface area (Å²) in [6.45, 7) is 0. The van der Waals surface area contributed by atoms with Gasteiger partial charge in [-0.2, -0.15) is 0 Å². The van der Waals surface area contributed by atoms with E-state index in [1.807, 2.05) is 24.8 Å². The molecule has 2 aromatic rings. The van der Waals surface area contributed by atoms with Gasteiger partial charge in [0.1, 0.15) is 0 Å². The first-order valence-electron chi connectivity index (χ1n) is 8.41. The molecule has 4 heteroatoms. The molecule has 6 rings (SSSR count). The fourth-order valence-electron chi connectivity index (χ4n) is 4.86. The first-order valence-corrected chi connectivity index (χ1v) is 8.41. The normalized spacial score (nSPS) is 31.5. The second-order valence-electron chi connectivity index (χ2n) is 6.69. The standard InChI is InChI=1S/C20H16N4/c1-2-16-20-18-4-3-17(24(18)14-7-11-22-12-8-14)19(20)15(1)23(16)13-5-9-21-10-6-13/h1-12,15-18H. The lowest BCUT2D eigenvalue weighted by atomic mass is 9.89. The van der Waals surface area contributed by atoms with Crippen molar-refractivity contribution in [2.24, 2.45) is 0 Å². The Hall–Kier alpha value is -2.88. The molecule has 4 nitrogen and oxygen atoms in total. The number of aromatic nitrogens is 2. The lowest BCUT2D eigenvalue weighted by Crippen LogP contribution is -2.42. The van der Waals surface area contributed by atoms with Crippen molar-refractivity contribution in [2.75, 3.05) is 9.80 Å². The molecule has 0 saturated carbocycles. The predicted octanol–water partition coefficient (Wildman–Crippen LogP) is 2.73. The minimum absolute atomic E-state index is 0.372. The molecule has 4 unspecified atom stereocenters.